The first-order chi connectivity index (χ1) is 15.2. The SMILES string of the molecule is CC[C@@H](C(=O)NCc1ccc(CN2CCCC2)cc1)N(c1ccc(C)c(Cl)c1)S(C)(=O)=O. The number of carbonyl (C=O) groups is 1. The minimum absolute atomic E-state index is 0.333. The predicted octanol–water partition coefficient (Wildman–Crippen LogP) is 4.11. The van der Waals surface area contributed by atoms with Gasteiger partial charge < -0.3 is 5.32 Å². The van der Waals surface area contributed by atoms with Crippen LogP contribution in [0.1, 0.15) is 42.9 Å². The van der Waals surface area contributed by atoms with Crippen LogP contribution in [0.4, 0.5) is 5.69 Å². The summed E-state index contributed by atoms with van der Waals surface area (Å²) in [5.74, 6) is -0.337. The highest BCUT2D eigenvalue weighted by Gasteiger charge is 2.31. The second kappa shape index (κ2) is 10.7. The predicted molar refractivity (Wildman–Crippen MR) is 130 cm³/mol. The Morgan fingerprint density at radius 3 is 2.31 bits per heavy atom. The third-order valence-electron chi connectivity index (χ3n) is 5.83. The summed E-state index contributed by atoms with van der Waals surface area (Å²) in [5.41, 5.74) is 3.46. The quantitative estimate of drug-likeness (QED) is 0.590. The lowest BCUT2D eigenvalue weighted by molar-refractivity contribution is -0.122. The van der Waals surface area contributed by atoms with Crippen molar-refractivity contribution < 1.29 is 13.2 Å². The summed E-state index contributed by atoms with van der Waals surface area (Å²) in [5, 5.41) is 3.36. The molecule has 2 aromatic rings. The van der Waals surface area contributed by atoms with E-state index in [-0.39, 0.29) is 5.91 Å². The molecule has 1 heterocycles. The van der Waals surface area contributed by atoms with Gasteiger partial charge in [0.05, 0.1) is 11.9 Å². The van der Waals surface area contributed by atoms with Crippen molar-refractivity contribution in [3.63, 3.8) is 0 Å². The molecule has 0 bridgehead atoms. The van der Waals surface area contributed by atoms with E-state index in [0.29, 0.717) is 23.7 Å². The number of hydrogen-bond donors (Lipinski definition) is 1. The van der Waals surface area contributed by atoms with E-state index in [9.17, 15) is 13.2 Å². The first-order valence-electron chi connectivity index (χ1n) is 11.0. The highest BCUT2D eigenvalue weighted by atomic mass is 35.5. The minimum Gasteiger partial charge on any atom is -0.350 e. The van der Waals surface area contributed by atoms with Gasteiger partial charge in [-0.25, -0.2) is 8.42 Å². The average Bonchev–Trinajstić information content (AvgIpc) is 3.25. The first kappa shape index (κ1) is 24.6. The van der Waals surface area contributed by atoms with E-state index < -0.39 is 16.1 Å². The maximum Gasteiger partial charge on any atom is 0.244 e. The molecule has 3 rings (SSSR count). The van der Waals surface area contributed by atoms with Gasteiger partial charge in [0, 0.05) is 18.1 Å². The van der Waals surface area contributed by atoms with Crippen LogP contribution in [-0.4, -0.2) is 44.6 Å². The number of halogens is 1. The highest BCUT2D eigenvalue weighted by Crippen LogP contribution is 2.27. The molecule has 2 aromatic carbocycles. The zero-order chi connectivity index (χ0) is 23.3. The van der Waals surface area contributed by atoms with Crippen molar-refractivity contribution >= 4 is 33.2 Å². The Bertz CT molecular complexity index is 1030. The fraction of sp³-hybridized carbons (Fsp3) is 0.458. The largest absolute Gasteiger partial charge is 0.350 e. The average molecular weight is 478 g/mol. The fourth-order valence-electron chi connectivity index (χ4n) is 4.05. The molecule has 1 saturated heterocycles. The second-order valence-corrected chi connectivity index (χ2v) is 10.7. The van der Waals surface area contributed by atoms with Crippen molar-refractivity contribution in [1.29, 1.82) is 0 Å². The molecule has 1 amide bonds. The number of nitrogens with zero attached hydrogens (tertiary/aromatic N) is 2. The third kappa shape index (κ3) is 6.24. The molecule has 174 valence electrons. The monoisotopic (exact) mass is 477 g/mol. The lowest BCUT2D eigenvalue weighted by atomic mass is 10.1. The number of likely N-dealkylation sites (tertiary alicyclic amines) is 1. The van der Waals surface area contributed by atoms with Gasteiger partial charge in [0.15, 0.2) is 0 Å². The van der Waals surface area contributed by atoms with E-state index in [1.165, 1.54) is 18.4 Å². The number of nitrogens with one attached hydrogen (secondary N) is 1. The van der Waals surface area contributed by atoms with Crippen molar-refractivity contribution in [2.75, 3.05) is 23.7 Å². The molecule has 0 aromatic heterocycles. The standard InChI is InChI=1S/C24H32ClN3O3S/c1-4-23(28(32(3,30)31)21-12-7-18(2)22(25)15-21)24(29)26-16-19-8-10-20(11-9-19)17-27-13-5-6-14-27/h7-12,15,23H,4-6,13-14,16-17H2,1-3H3,(H,26,29)/t23-/m0/s1. The van der Waals surface area contributed by atoms with E-state index in [1.807, 2.05) is 19.1 Å². The molecule has 0 aliphatic carbocycles. The summed E-state index contributed by atoms with van der Waals surface area (Å²) in [7, 11) is -3.69. The van der Waals surface area contributed by atoms with Crippen LogP contribution in [0.2, 0.25) is 5.02 Å². The smallest absolute Gasteiger partial charge is 0.244 e. The molecule has 0 spiro atoms. The van der Waals surface area contributed by atoms with E-state index in [1.54, 1.807) is 25.1 Å². The summed E-state index contributed by atoms with van der Waals surface area (Å²) in [6, 6.07) is 12.4. The van der Waals surface area contributed by atoms with Crippen LogP contribution in [0.25, 0.3) is 0 Å². The second-order valence-electron chi connectivity index (χ2n) is 8.43. The Kier molecular flexibility index (Phi) is 8.20. The molecule has 1 aliphatic heterocycles. The van der Waals surface area contributed by atoms with E-state index in [0.717, 1.165) is 41.3 Å². The van der Waals surface area contributed by atoms with Gasteiger partial charge in [0.1, 0.15) is 6.04 Å². The van der Waals surface area contributed by atoms with Crippen molar-refractivity contribution in [3.8, 4) is 0 Å². The van der Waals surface area contributed by atoms with Crippen LogP contribution in [-0.2, 0) is 27.9 Å². The van der Waals surface area contributed by atoms with Gasteiger partial charge in [-0.15, -0.1) is 0 Å². The highest BCUT2D eigenvalue weighted by molar-refractivity contribution is 7.92. The zero-order valence-electron chi connectivity index (χ0n) is 19.0. The zero-order valence-corrected chi connectivity index (χ0v) is 20.5. The van der Waals surface area contributed by atoms with Crippen molar-refractivity contribution in [1.82, 2.24) is 10.2 Å². The Balaban J connectivity index is 1.68. The first-order valence-corrected chi connectivity index (χ1v) is 13.2. The molecule has 1 N–H and O–H groups in total. The number of hydrogen-bond acceptors (Lipinski definition) is 4. The van der Waals surface area contributed by atoms with E-state index in [4.69, 9.17) is 11.6 Å². The molecule has 32 heavy (non-hydrogen) atoms. The summed E-state index contributed by atoms with van der Waals surface area (Å²) < 4.78 is 26.3. The number of sulfonamides is 1. The van der Waals surface area contributed by atoms with Crippen LogP contribution in [0, 0.1) is 6.92 Å². The topological polar surface area (TPSA) is 69.7 Å². The van der Waals surface area contributed by atoms with Gasteiger partial charge in [0.2, 0.25) is 15.9 Å². The third-order valence-corrected chi connectivity index (χ3v) is 7.42. The van der Waals surface area contributed by atoms with Gasteiger partial charge in [-0.2, -0.15) is 0 Å². The van der Waals surface area contributed by atoms with E-state index >= 15 is 0 Å². The minimum atomic E-state index is -3.69. The normalized spacial score (nSPS) is 15.5. The molecule has 6 nitrogen and oxygen atoms in total. The fourth-order valence-corrected chi connectivity index (χ4v) is 5.43. The van der Waals surface area contributed by atoms with Crippen LogP contribution in [0.3, 0.4) is 0 Å². The summed E-state index contributed by atoms with van der Waals surface area (Å²) in [4.78, 5) is 15.4. The Morgan fingerprint density at radius 2 is 1.75 bits per heavy atom. The van der Waals surface area contributed by atoms with Crippen molar-refractivity contribution in [2.24, 2.45) is 0 Å². The van der Waals surface area contributed by atoms with Gasteiger partial charge in [-0.05, 0) is 68.1 Å². The molecule has 0 radical (unpaired) electrons. The molecule has 8 heteroatoms. The van der Waals surface area contributed by atoms with Crippen LogP contribution < -0.4 is 9.62 Å². The molecule has 0 saturated carbocycles. The van der Waals surface area contributed by atoms with Crippen molar-refractivity contribution in [2.45, 2.75) is 52.2 Å². The molecular formula is C24H32ClN3O3S. The van der Waals surface area contributed by atoms with Crippen LogP contribution in [0.15, 0.2) is 42.5 Å². The lowest BCUT2D eigenvalue weighted by Gasteiger charge is -2.30. The van der Waals surface area contributed by atoms with Crippen molar-refractivity contribution in [3.05, 3.63) is 64.2 Å². The number of carbonyl (C=O) groups excluding carboxylic acids is 1. The Labute approximate surface area is 196 Å². The van der Waals surface area contributed by atoms with Crippen LogP contribution >= 0.6 is 11.6 Å². The molecular weight excluding hydrogens is 446 g/mol. The molecule has 1 atom stereocenters. The number of anilines is 1. The number of amides is 1. The van der Waals surface area contributed by atoms with Gasteiger partial charge in [-0.1, -0.05) is 48.9 Å². The Hall–Kier alpha value is -2.09. The maximum atomic E-state index is 13.0. The van der Waals surface area contributed by atoms with Crippen LogP contribution in [0.5, 0.6) is 0 Å². The maximum absolute atomic E-state index is 13.0. The van der Waals surface area contributed by atoms with Gasteiger partial charge in [0.25, 0.3) is 0 Å². The number of aryl methyl sites for hydroxylation is 1. The molecule has 1 aliphatic rings. The summed E-state index contributed by atoms with van der Waals surface area (Å²) >= 11 is 6.22. The number of rotatable bonds is 9. The van der Waals surface area contributed by atoms with Gasteiger partial charge in [-0.3, -0.25) is 14.0 Å². The molecule has 0 unspecified atom stereocenters. The number of benzene rings is 2. The summed E-state index contributed by atoms with van der Waals surface area (Å²) in [6.45, 7) is 7.24. The Morgan fingerprint density at radius 1 is 1.12 bits per heavy atom. The van der Waals surface area contributed by atoms with E-state index in [2.05, 4.69) is 22.3 Å². The summed E-state index contributed by atoms with van der Waals surface area (Å²) in [6.07, 6.45) is 3.97. The molecule has 1 fully saturated rings. The lowest BCUT2D eigenvalue weighted by Crippen LogP contribution is -2.49. The van der Waals surface area contributed by atoms with Gasteiger partial charge >= 0.3 is 0 Å².